The lowest BCUT2D eigenvalue weighted by Gasteiger charge is -2.11. The zero-order valence-corrected chi connectivity index (χ0v) is 17.0. The van der Waals surface area contributed by atoms with Gasteiger partial charge in [-0.2, -0.15) is 5.10 Å². The number of nitrogens with zero attached hydrogens (tertiary/aromatic N) is 3. The third kappa shape index (κ3) is 4.97. The molecule has 0 atom stereocenters. The van der Waals surface area contributed by atoms with Gasteiger partial charge < -0.3 is 9.47 Å². The number of esters is 1. The fourth-order valence-corrected chi connectivity index (χ4v) is 3.27. The van der Waals surface area contributed by atoms with E-state index < -0.39 is 10.9 Å². The van der Waals surface area contributed by atoms with Crippen LogP contribution in [0.3, 0.4) is 0 Å². The average Bonchev–Trinajstić information content (AvgIpc) is 3.19. The Hall–Kier alpha value is -3.79. The Balaban J connectivity index is 1.84. The van der Waals surface area contributed by atoms with Crippen LogP contribution in [0.25, 0.3) is 11.3 Å². The fraction of sp³-hybridized carbons (Fsp3) is 0.150. The van der Waals surface area contributed by atoms with Crippen molar-refractivity contribution in [2.45, 2.75) is 13.8 Å². The molecule has 2 aromatic carbocycles. The molecule has 0 fully saturated rings. The van der Waals surface area contributed by atoms with Crippen LogP contribution in [-0.2, 0) is 4.79 Å². The topological polar surface area (TPSA) is 116 Å². The molecule has 3 rings (SSSR count). The molecule has 0 unspecified atom stereocenters. The predicted octanol–water partition coefficient (Wildman–Crippen LogP) is 4.49. The van der Waals surface area contributed by atoms with Crippen molar-refractivity contribution in [3.63, 3.8) is 0 Å². The van der Waals surface area contributed by atoms with Gasteiger partial charge in [-0.1, -0.05) is 30.3 Å². The van der Waals surface area contributed by atoms with Crippen molar-refractivity contribution in [3.05, 3.63) is 63.5 Å². The predicted molar refractivity (Wildman–Crippen MR) is 114 cm³/mol. The second kappa shape index (κ2) is 9.61. The monoisotopic (exact) mass is 426 g/mol. The molecule has 10 heteroatoms. The van der Waals surface area contributed by atoms with Crippen molar-refractivity contribution in [2.75, 3.05) is 12.0 Å². The fourth-order valence-electron chi connectivity index (χ4n) is 2.60. The highest BCUT2D eigenvalue weighted by Crippen LogP contribution is 2.39. The van der Waals surface area contributed by atoms with E-state index in [1.54, 1.807) is 6.92 Å². The molecule has 0 aliphatic heterocycles. The van der Waals surface area contributed by atoms with Gasteiger partial charge in [-0.05, 0) is 19.1 Å². The van der Waals surface area contributed by atoms with E-state index in [1.807, 2.05) is 35.7 Å². The first-order valence-corrected chi connectivity index (χ1v) is 9.80. The molecule has 0 spiro atoms. The molecule has 1 aromatic heterocycles. The molecule has 0 amide bonds. The van der Waals surface area contributed by atoms with Crippen molar-refractivity contribution < 1.29 is 19.2 Å². The smallest absolute Gasteiger partial charge is 0.323 e. The third-order valence-corrected chi connectivity index (χ3v) is 4.54. The largest absolute Gasteiger partial charge is 0.485 e. The van der Waals surface area contributed by atoms with Gasteiger partial charge in [-0.15, -0.1) is 11.3 Å². The standard InChI is InChI=1S/C20H18N4O5S/c1-3-28-19-17(29-13(2)25)10-9-15(18(19)24(26)27)11-21-23-20-22-16(12-30-20)14-7-5-4-6-8-14/h4-12H,3H2,1-2H3,(H,22,23). The van der Waals surface area contributed by atoms with E-state index in [1.165, 1.54) is 36.6 Å². The summed E-state index contributed by atoms with van der Waals surface area (Å²) in [5.41, 5.74) is 4.40. The second-order valence-corrected chi connectivity index (χ2v) is 6.75. The van der Waals surface area contributed by atoms with Gasteiger partial charge >= 0.3 is 11.7 Å². The SMILES string of the molecule is CCOc1c(OC(C)=O)ccc(C=NNc2nc(-c3ccccc3)cs2)c1[N+](=O)[O-]. The van der Waals surface area contributed by atoms with Crippen LogP contribution in [0, 0.1) is 10.1 Å². The van der Waals surface area contributed by atoms with Crippen molar-refractivity contribution in [2.24, 2.45) is 5.10 Å². The molecule has 9 nitrogen and oxygen atoms in total. The van der Waals surface area contributed by atoms with E-state index in [2.05, 4.69) is 15.5 Å². The molecule has 0 saturated carbocycles. The van der Waals surface area contributed by atoms with E-state index in [0.717, 1.165) is 11.3 Å². The normalized spacial score (nSPS) is 10.7. The number of nitro benzene ring substituents is 1. The zero-order chi connectivity index (χ0) is 21.5. The Labute approximate surface area is 176 Å². The van der Waals surface area contributed by atoms with Crippen LogP contribution in [0.2, 0.25) is 0 Å². The van der Waals surface area contributed by atoms with Crippen LogP contribution in [0.5, 0.6) is 11.5 Å². The Morgan fingerprint density at radius 2 is 2.07 bits per heavy atom. The van der Waals surface area contributed by atoms with Gasteiger partial charge in [0.15, 0.2) is 5.75 Å². The molecule has 3 aromatic rings. The number of hydrogen-bond acceptors (Lipinski definition) is 9. The molecular weight excluding hydrogens is 408 g/mol. The number of hydrogen-bond donors (Lipinski definition) is 1. The molecule has 0 radical (unpaired) electrons. The summed E-state index contributed by atoms with van der Waals surface area (Å²) in [6.07, 6.45) is 1.29. The number of benzene rings is 2. The summed E-state index contributed by atoms with van der Waals surface area (Å²) in [7, 11) is 0. The Kier molecular flexibility index (Phi) is 6.71. The third-order valence-electron chi connectivity index (χ3n) is 3.79. The van der Waals surface area contributed by atoms with E-state index in [4.69, 9.17) is 9.47 Å². The molecule has 0 bridgehead atoms. The molecule has 1 heterocycles. The van der Waals surface area contributed by atoms with Crippen LogP contribution >= 0.6 is 11.3 Å². The summed E-state index contributed by atoms with van der Waals surface area (Å²) in [6, 6.07) is 12.5. The number of nitrogens with one attached hydrogen (secondary N) is 1. The average molecular weight is 426 g/mol. The molecule has 30 heavy (non-hydrogen) atoms. The van der Waals surface area contributed by atoms with Gasteiger partial charge in [0.25, 0.3) is 0 Å². The van der Waals surface area contributed by atoms with Crippen LogP contribution in [0.1, 0.15) is 19.4 Å². The van der Waals surface area contributed by atoms with E-state index in [0.29, 0.717) is 5.13 Å². The second-order valence-electron chi connectivity index (χ2n) is 5.89. The molecule has 0 saturated heterocycles. The number of rotatable bonds is 8. The van der Waals surface area contributed by atoms with E-state index >= 15 is 0 Å². The maximum Gasteiger partial charge on any atom is 0.323 e. The quantitative estimate of drug-likeness (QED) is 0.185. The maximum absolute atomic E-state index is 11.6. The summed E-state index contributed by atoms with van der Waals surface area (Å²) in [5.74, 6) is -0.748. The minimum absolute atomic E-state index is 0.0198. The highest BCUT2D eigenvalue weighted by Gasteiger charge is 2.26. The Morgan fingerprint density at radius 1 is 1.30 bits per heavy atom. The summed E-state index contributed by atoms with van der Waals surface area (Å²) in [5, 5.41) is 18.1. The number of ether oxygens (including phenoxy) is 2. The van der Waals surface area contributed by atoms with Gasteiger partial charge in [0.1, 0.15) is 0 Å². The van der Waals surface area contributed by atoms with Crippen LogP contribution < -0.4 is 14.9 Å². The van der Waals surface area contributed by atoms with Crippen molar-refractivity contribution in [1.82, 2.24) is 4.98 Å². The lowest BCUT2D eigenvalue weighted by atomic mass is 10.1. The lowest BCUT2D eigenvalue weighted by Crippen LogP contribution is -2.07. The van der Waals surface area contributed by atoms with Crippen LogP contribution in [-0.4, -0.2) is 28.7 Å². The number of aromatic nitrogens is 1. The first-order chi connectivity index (χ1) is 14.5. The molecule has 154 valence electrons. The number of thiazole rings is 1. The molecule has 0 aliphatic rings. The summed E-state index contributed by atoms with van der Waals surface area (Å²) in [6.45, 7) is 3.05. The minimum atomic E-state index is -0.605. The first-order valence-electron chi connectivity index (χ1n) is 8.92. The minimum Gasteiger partial charge on any atom is -0.485 e. The molecular formula is C20H18N4O5S. The highest BCUT2D eigenvalue weighted by atomic mass is 32.1. The Bertz CT molecular complexity index is 1080. The van der Waals surface area contributed by atoms with E-state index in [-0.39, 0.29) is 29.4 Å². The Morgan fingerprint density at radius 3 is 2.73 bits per heavy atom. The maximum atomic E-state index is 11.6. The first kappa shape index (κ1) is 20.9. The lowest BCUT2D eigenvalue weighted by molar-refractivity contribution is -0.386. The van der Waals surface area contributed by atoms with Crippen molar-refractivity contribution >= 4 is 34.3 Å². The van der Waals surface area contributed by atoms with Gasteiger partial charge in [-0.3, -0.25) is 20.3 Å². The molecule has 0 aliphatic carbocycles. The summed E-state index contributed by atoms with van der Waals surface area (Å²) >= 11 is 1.36. The number of anilines is 1. The van der Waals surface area contributed by atoms with Gasteiger partial charge in [0.2, 0.25) is 10.9 Å². The van der Waals surface area contributed by atoms with Gasteiger partial charge in [0.05, 0.1) is 29.0 Å². The van der Waals surface area contributed by atoms with Crippen molar-refractivity contribution in [1.29, 1.82) is 0 Å². The van der Waals surface area contributed by atoms with Crippen molar-refractivity contribution in [3.8, 4) is 22.8 Å². The number of carbonyl (C=O) groups excluding carboxylic acids is 1. The highest BCUT2D eigenvalue weighted by molar-refractivity contribution is 7.14. The van der Waals surface area contributed by atoms with E-state index in [9.17, 15) is 14.9 Å². The number of hydrazone groups is 1. The number of carbonyl (C=O) groups is 1. The van der Waals surface area contributed by atoms with Gasteiger partial charge in [0, 0.05) is 17.9 Å². The van der Waals surface area contributed by atoms with Gasteiger partial charge in [-0.25, -0.2) is 4.98 Å². The molecule has 1 N–H and O–H groups in total. The number of nitro groups is 1. The summed E-state index contributed by atoms with van der Waals surface area (Å²) < 4.78 is 10.4. The zero-order valence-electron chi connectivity index (χ0n) is 16.2. The van der Waals surface area contributed by atoms with Crippen LogP contribution in [0.15, 0.2) is 52.9 Å². The van der Waals surface area contributed by atoms with Crippen LogP contribution in [0.4, 0.5) is 10.8 Å². The summed E-state index contributed by atoms with van der Waals surface area (Å²) in [4.78, 5) is 26.8.